The van der Waals surface area contributed by atoms with Crippen LogP contribution in [0.4, 0.5) is 0 Å². The van der Waals surface area contributed by atoms with Gasteiger partial charge in [0.25, 0.3) is 5.91 Å². The molecule has 0 aliphatic heterocycles. The molecule has 2 aromatic rings. The van der Waals surface area contributed by atoms with Gasteiger partial charge in [-0.1, -0.05) is 104 Å². The number of hydrogen-bond acceptors (Lipinski definition) is 4. The van der Waals surface area contributed by atoms with Crippen molar-refractivity contribution >= 4 is 11.8 Å². The predicted molar refractivity (Wildman–Crippen MR) is 157 cm³/mol. The molecule has 0 unspecified atom stereocenters. The molecule has 1 aromatic heterocycles. The van der Waals surface area contributed by atoms with Crippen LogP contribution in [0.25, 0.3) is 0 Å². The maximum atomic E-state index is 13.3. The Labute approximate surface area is 231 Å². The molecule has 0 aliphatic carbocycles. The summed E-state index contributed by atoms with van der Waals surface area (Å²) in [6.07, 6.45) is 17.4. The molecule has 2 amide bonds. The van der Waals surface area contributed by atoms with Gasteiger partial charge in [0.1, 0.15) is 5.75 Å². The van der Waals surface area contributed by atoms with Crippen LogP contribution in [0.3, 0.4) is 0 Å². The lowest BCUT2D eigenvalue weighted by molar-refractivity contribution is -0.126. The molecule has 0 bridgehead atoms. The molecule has 38 heavy (non-hydrogen) atoms. The zero-order valence-corrected chi connectivity index (χ0v) is 24.6. The fraction of sp³-hybridized carbons (Fsp3) is 0.606. The molecule has 1 aromatic carbocycles. The van der Waals surface area contributed by atoms with Crippen molar-refractivity contribution in [3.63, 3.8) is 0 Å². The zero-order chi connectivity index (χ0) is 27.8. The molecule has 0 N–H and O–H groups in total. The lowest BCUT2D eigenvalue weighted by atomic mass is 9.85. The van der Waals surface area contributed by atoms with Crippen molar-refractivity contribution < 1.29 is 14.3 Å². The normalized spacial score (nSPS) is 11.4. The third kappa shape index (κ3) is 11.4. The van der Waals surface area contributed by atoms with E-state index in [4.69, 9.17) is 4.74 Å². The van der Waals surface area contributed by atoms with E-state index in [2.05, 4.69) is 32.7 Å². The van der Waals surface area contributed by atoms with Gasteiger partial charge in [-0.25, -0.2) is 0 Å². The van der Waals surface area contributed by atoms with Crippen molar-refractivity contribution in [3.05, 3.63) is 59.4 Å². The van der Waals surface area contributed by atoms with Crippen molar-refractivity contribution in [2.24, 2.45) is 0 Å². The molecule has 0 saturated heterocycles. The number of rotatable bonds is 17. The summed E-state index contributed by atoms with van der Waals surface area (Å²) < 4.78 is 6.19. The van der Waals surface area contributed by atoms with E-state index >= 15 is 0 Å². The van der Waals surface area contributed by atoms with Crippen molar-refractivity contribution in [3.8, 4) is 5.75 Å². The first-order chi connectivity index (χ1) is 18.2. The highest BCUT2D eigenvalue weighted by molar-refractivity contribution is 6.04. The van der Waals surface area contributed by atoms with Crippen LogP contribution in [0.2, 0.25) is 0 Å². The number of nitrogens with zero attached hydrogens (tertiary/aromatic N) is 2. The van der Waals surface area contributed by atoms with Gasteiger partial charge in [-0.15, -0.1) is 0 Å². The minimum absolute atomic E-state index is 0.150. The number of ether oxygens (including phenoxy) is 1. The Balaban J connectivity index is 1.85. The summed E-state index contributed by atoms with van der Waals surface area (Å²) in [5, 5.41) is 0. The van der Waals surface area contributed by atoms with E-state index < -0.39 is 0 Å². The lowest BCUT2D eigenvalue weighted by Gasteiger charge is -2.25. The van der Waals surface area contributed by atoms with Crippen molar-refractivity contribution in [1.29, 1.82) is 0 Å². The Morgan fingerprint density at radius 2 is 1.45 bits per heavy atom. The summed E-state index contributed by atoms with van der Waals surface area (Å²) >= 11 is 0. The first kappa shape index (κ1) is 31.5. The molecule has 210 valence electrons. The molecular weight excluding hydrogens is 472 g/mol. The van der Waals surface area contributed by atoms with Gasteiger partial charge in [0.15, 0.2) is 0 Å². The fourth-order valence-corrected chi connectivity index (χ4v) is 4.64. The van der Waals surface area contributed by atoms with Crippen LogP contribution in [0.15, 0.2) is 42.6 Å². The van der Waals surface area contributed by atoms with E-state index in [0.29, 0.717) is 17.9 Å². The Kier molecular flexibility index (Phi) is 14.1. The van der Waals surface area contributed by atoms with Gasteiger partial charge in [-0.05, 0) is 42.2 Å². The van der Waals surface area contributed by atoms with Gasteiger partial charge < -0.3 is 4.74 Å². The molecule has 1 heterocycles. The summed E-state index contributed by atoms with van der Waals surface area (Å²) in [5.41, 5.74) is 1.93. The van der Waals surface area contributed by atoms with Crippen molar-refractivity contribution in [2.45, 2.75) is 124 Å². The van der Waals surface area contributed by atoms with Crippen molar-refractivity contribution in [1.82, 2.24) is 9.88 Å². The topological polar surface area (TPSA) is 59.5 Å². The lowest BCUT2D eigenvalue weighted by Crippen LogP contribution is -2.35. The average molecular weight is 523 g/mol. The molecule has 0 spiro atoms. The van der Waals surface area contributed by atoms with E-state index in [9.17, 15) is 9.59 Å². The van der Waals surface area contributed by atoms with Gasteiger partial charge >= 0.3 is 0 Å². The van der Waals surface area contributed by atoms with E-state index in [1.165, 1.54) is 82.5 Å². The summed E-state index contributed by atoms with van der Waals surface area (Å²) in [6, 6.07) is 11.0. The number of amides is 2. The zero-order valence-electron chi connectivity index (χ0n) is 24.6. The van der Waals surface area contributed by atoms with Crippen LogP contribution in [-0.2, 0) is 16.8 Å². The summed E-state index contributed by atoms with van der Waals surface area (Å²) in [6.45, 7) is 10.9. The summed E-state index contributed by atoms with van der Waals surface area (Å²) in [5.74, 6) is 0.197. The largest absolute Gasteiger partial charge is 0.493 e. The maximum Gasteiger partial charge on any atom is 0.260 e. The van der Waals surface area contributed by atoms with Gasteiger partial charge in [0.2, 0.25) is 5.91 Å². The molecule has 0 aliphatic rings. The molecule has 5 heteroatoms. The van der Waals surface area contributed by atoms with Crippen LogP contribution < -0.4 is 4.74 Å². The Bertz CT molecular complexity index is 966. The Morgan fingerprint density at radius 3 is 1.97 bits per heavy atom. The van der Waals surface area contributed by atoms with Crippen LogP contribution in [0.1, 0.15) is 133 Å². The van der Waals surface area contributed by atoms with E-state index in [1.807, 2.05) is 30.3 Å². The van der Waals surface area contributed by atoms with Crippen LogP contribution >= 0.6 is 0 Å². The van der Waals surface area contributed by atoms with Crippen LogP contribution in [-0.4, -0.2) is 28.3 Å². The second kappa shape index (κ2) is 17.0. The number of aromatic nitrogens is 1. The third-order valence-electron chi connectivity index (χ3n) is 6.96. The minimum Gasteiger partial charge on any atom is -0.493 e. The molecule has 0 fully saturated rings. The van der Waals surface area contributed by atoms with Gasteiger partial charge in [-0.2, -0.15) is 0 Å². The molecule has 0 radical (unpaired) electrons. The van der Waals surface area contributed by atoms with Crippen LogP contribution in [0, 0.1) is 0 Å². The highest BCUT2D eigenvalue weighted by atomic mass is 16.5. The standard InChI is InChI=1S/C33H50N2O3/c1-6-7-8-9-10-11-12-13-14-15-16-19-24-38-31-22-21-28(25-30(31)33(3,4)5)32(37)35(27(2)36)26-29-20-17-18-23-34-29/h17-18,20-23,25H,6-16,19,24,26H2,1-5H3. The number of benzene rings is 1. The summed E-state index contributed by atoms with van der Waals surface area (Å²) in [4.78, 5) is 31.1. The monoisotopic (exact) mass is 522 g/mol. The first-order valence-corrected chi connectivity index (χ1v) is 14.7. The molecule has 0 saturated carbocycles. The van der Waals surface area contributed by atoms with Gasteiger partial charge in [0, 0.05) is 24.2 Å². The molecule has 2 rings (SSSR count). The molecule has 5 nitrogen and oxygen atoms in total. The number of pyridine rings is 1. The minimum atomic E-state index is -0.318. The second-order valence-corrected chi connectivity index (χ2v) is 11.4. The number of imide groups is 1. The van der Waals surface area contributed by atoms with Crippen molar-refractivity contribution in [2.75, 3.05) is 6.61 Å². The second-order valence-electron chi connectivity index (χ2n) is 11.4. The number of carbonyl (C=O) groups excluding carboxylic acids is 2. The highest BCUT2D eigenvalue weighted by Crippen LogP contribution is 2.33. The average Bonchev–Trinajstić information content (AvgIpc) is 2.89. The maximum absolute atomic E-state index is 13.3. The first-order valence-electron chi connectivity index (χ1n) is 14.7. The quantitative estimate of drug-likeness (QED) is 0.195. The SMILES string of the molecule is CCCCCCCCCCCCCCOc1ccc(C(=O)N(Cc2ccccn2)C(C)=O)cc1C(C)(C)C. The molecule has 0 atom stereocenters. The van der Waals surface area contributed by atoms with Gasteiger partial charge in [-0.3, -0.25) is 19.5 Å². The van der Waals surface area contributed by atoms with Crippen LogP contribution in [0.5, 0.6) is 5.75 Å². The van der Waals surface area contributed by atoms with E-state index in [0.717, 1.165) is 17.7 Å². The predicted octanol–water partition coefficient (Wildman–Crippen LogP) is 8.65. The smallest absolute Gasteiger partial charge is 0.260 e. The third-order valence-corrected chi connectivity index (χ3v) is 6.96. The highest BCUT2D eigenvalue weighted by Gasteiger charge is 2.25. The van der Waals surface area contributed by atoms with E-state index in [-0.39, 0.29) is 23.8 Å². The van der Waals surface area contributed by atoms with E-state index in [1.54, 1.807) is 12.3 Å². The Morgan fingerprint density at radius 1 is 0.842 bits per heavy atom. The summed E-state index contributed by atoms with van der Waals surface area (Å²) in [7, 11) is 0. The van der Waals surface area contributed by atoms with Gasteiger partial charge in [0.05, 0.1) is 18.8 Å². The Hall–Kier alpha value is -2.69. The molecular formula is C33H50N2O3. The fourth-order valence-electron chi connectivity index (χ4n) is 4.64. The number of unbranched alkanes of at least 4 members (excludes halogenated alkanes) is 11. The number of carbonyl (C=O) groups is 2. The number of hydrogen-bond donors (Lipinski definition) is 0.